The molecule has 2 aromatic carbocycles. The molecule has 2 rings (SSSR count). The van der Waals surface area contributed by atoms with Gasteiger partial charge < -0.3 is 10.5 Å². The average molecular weight is 390 g/mol. The van der Waals surface area contributed by atoms with Gasteiger partial charge in [-0.2, -0.15) is 0 Å². The number of amides is 1. The molecular formula is C15H11Cl3N2O2S. The van der Waals surface area contributed by atoms with Gasteiger partial charge in [-0.3, -0.25) is 10.1 Å². The molecule has 0 saturated carbocycles. The first-order valence-electron chi connectivity index (χ1n) is 6.34. The molecule has 0 aliphatic carbocycles. The van der Waals surface area contributed by atoms with E-state index in [4.69, 9.17) is 45.3 Å². The first-order chi connectivity index (χ1) is 10.9. The summed E-state index contributed by atoms with van der Waals surface area (Å²) in [6.07, 6.45) is 0. The molecule has 8 heteroatoms. The second kappa shape index (κ2) is 7.84. The fourth-order valence-electron chi connectivity index (χ4n) is 1.74. The number of nitrogens with two attached hydrogens (primary N) is 1. The van der Waals surface area contributed by atoms with Crippen molar-refractivity contribution in [3.05, 3.63) is 62.6 Å². The number of halogens is 3. The van der Waals surface area contributed by atoms with Gasteiger partial charge in [-0.25, -0.2) is 0 Å². The van der Waals surface area contributed by atoms with E-state index in [2.05, 4.69) is 17.5 Å². The lowest BCUT2D eigenvalue weighted by atomic mass is 10.2. The van der Waals surface area contributed by atoms with Crippen molar-refractivity contribution in [2.24, 2.45) is 5.73 Å². The van der Waals surface area contributed by atoms with E-state index in [9.17, 15) is 4.79 Å². The minimum Gasteiger partial charge on any atom is -0.487 e. The molecular weight excluding hydrogens is 379 g/mol. The second-order valence-electron chi connectivity index (χ2n) is 4.49. The highest BCUT2D eigenvalue weighted by atomic mass is 35.5. The van der Waals surface area contributed by atoms with E-state index in [1.807, 2.05) is 0 Å². The Kier molecular flexibility index (Phi) is 6.07. The van der Waals surface area contributed by atoms with Crippen LogP contribution in [0.4, 0.5) is 0 Å². The fraction of sp³-hybridized carbons (Fsp3) is 0.0667. The van der Waals surface area contributed by atoms with E-state index < -0.39 is 5.91 Å². The van der Waals surface area contributed by atoms with E-state index in [0.29, 0.717) is 21.4 Å². The largest absolute Gasteiger partial charge is 0.487 e. The average Bonchev–Trinajstić information content (AvgIpc) is 2.46. The summed E-state index contributed by atoms with van der Waals surface area (Å²) < 4.78 is 5.62. The molecule has 1 amide bonds. The van der Waals surface area contributed by atoms with Gasteiger partial charge >= 0.3 is 0 Å². The molecule has 3 N–H and O–H groups in total. The van der Waals surface area contributed by atoms with Gasteiger partial charge in [0, 0.05) is 21.2 Å². The highest BCUT2D eigenvalue weighted by Gasteiger charge is 2.11. The minimum atomic E-state index is -0.438. The lowest BCUT2D eigenvalue weighted by molar-refractivity contribution is 0.0977. The Morgan fingerprint density at radius 3 is 2.48 bits per heavy atom. The SMILES string of the molecule is NC(=S)NC(=O)c1ccc(OCc2ccc(Cl)cc2Cl)c(Cl)c1. The monoisotopic (exact) mass is 388 g/mol. The van der Waals surface area contributed by atoms with Crippen LogP contribution in [0, 0.1) is 0 Å². The number of ether oxygens (including phenoxy) is 1. The summed E-state index contributed by atoms with van der Waals surface area (Å²) >= 11 is 22.6. The summed E-state index contributed by atoms with van der Waals surface area (Å²) in [5.74, 6) is -0.0174. The third-order valence-electron chi connectivity index (χ3n) is 2.83. The topological polar surface area (TPSA) is 64.3 Å². The summed E-state index contributed by atoms with van der Waals surface area (Å²) in [5, 5.41) is 3.54. The standard InChI is InChI=1S/C15H11Cl3N2O2S/c16-10-3-1-9(11(17)6-10)7-22-13-4-2-8(5-12(13)18)14(21)20-15(19)23/h1-6H,7H2,(H3,19,20,21,23). The lowest BCUT2D eigenvalue weighted by Crippen LogP contribution is -2.34. The van der Waals surface area contributed by atoms with Crippen molar-refractivity contribution in [3.63, 3.8) is 0 Å². The van der Waals surface area contributed by atoms with Gasteiger partial charge in [-0.15, -0.1) is 0 Å². The zero-order valence-electron chi connectivity index (χ0n) is 11.6. The number of carbonyl (C=O) groups is 1. The summed E-state index contributed by atoms with van der Waals surface area (Å²) in [4.78, 5) is 11.8. The Bertz CT molecular complexity index is 768. The molecule has 0 aromatic heterocycles. The first-order valence-corrected chi connectivity index (χ1v) is 7.88. The van der Waals surface area contributed by atoms with E-state index in [1.54, 1.807) is 30.3 Å². The highest BCUT2D eigenvalue weighted by molar-refractivity contribution is 7.80. The van der Waals surface area contributed by atoms with Gasteiger partial charge in [0.1, 0.15) is 12.4 Å². The number of rotatable bonds is 4. The quantitative estimate of drug-likeness (QED) is 0.769. The molecule has 0 heterocycles. The number of thiocarbonyl (C=S) groups is 1. The van der Waals surface area contributed by atoms with Gasteiger partial charge in [0.05, 0.1) is 5.02 Å². The Balaban J connectivity index is 2.09. The van der Waals surface area contributed by atoms with Crippen LogP contribution in [-0.2, 0) is 6.61 Å². The molecule has 23 heavy (non-hydrogen) atoms. The van der Waals surface area contributed by atoms with Crippen LogP contribution < -0.4 is 15.8 Å². The van der Waals surface area contributed by atoms with Crippen molar-refractivity contribution in [1.29, 1.82) is 0 Å². The molecule has 0 atom stereocenters. The van der Waals surface area contributed by atoms with Crippen LogP contribution in [0.25, 0.3) is 0 Å². The Hall–Kier alpha value is -1.53. The molecule has 0 aliphatic heterocycles. The normalized spacial score (nSPS) is 10.2. The van der Waals surface area contributed by atoms with E-state index >= 15 is 0 Å². The number of carbonyl (C=O) groups excluding carboxylic acids is 1. The number of nitrogens with one attached hydrogen (secondary N) is 1. The molecule has 0 saturated heterocycles. The van der Waals surface area contributed by atoms with Crippen molar-refractivity contribution in [1.82, 2.24) is 5.32 Å². The van der Waals surface area contributed by atoms with E-state index in [-0.39, 0.29) is 16.7 Å². The summed E-state index contributed by atoms with van der Waals surface area (Å²) in [6, 6.07) is 9.72. The fourth-order valence-corrected chi connectivity index (χ4v) is 2.53. The van der Waals surface area contributed by atoms with Crippen LogP contribution in [0.15, 0.2) is 36.4 Å². The first kappa shape index (κ1) is 17.8. The zero-order chi connectivity index (χ0) is 17.0. The van der Waals surface area contributed by atoms with Crippen molar-refractivity contribution < 1.29 is 9.53 Å². The van der Waals surface area contributed by atoms with Crippen LogP contribution in [0.1, 0.15) is 15.9 Å². The smallest absolute Gasteiger partial charge is 0.257 e. The van der Waals surface area contributed by atoms with Crippen molar-refractivity contribution >= 4 is 58.0 Å². The van der Waals surface area contributed by atoms with E-state index in [0.717, 1.165) is 5.56 Å². The van der Waals surface area contributed by atoms with E-state index in [1.165, 1.54) is 6.07 Å². The lowest BCUT2D eigenvalue weighted by Gasteiger charge is -2.11. The van der Waals surface area contributed by atoms with Crippen molar-refractivity contribution in [2.45, 2.75) is 6.61 Å². The Morgan fingerprint density at radius 1 is 1.13 bits per heavy atom. The van der Waals surface area contributed by atoms with Gasteiger partial charge in [-0.1, -0.05) is 40.9 Å². The van der Waals surface area contributed by atoms with Crippen LogP contribution in [0.3, 0.4) is 0 Å². The molecule has 0 unspecified atom stereocenters. The van der Waals surface area contributed by atoms with Crippen LogP contribution in [0.5, 0.6) is 5.75 Å². The molecule has 0 aliphatic rings. The maximum Gasteiger partial charge on any atom is 0.257 e. The molecule has 0 bridgehead atoms. The van der Waals surface area contributed by atoms with Gasteiger partial charge in [0.2, 0.25) is 0 Å². The third kappa shape index (κ3) is 4.97. The van der Waals surface area contributed by atoms with Gasteiger partial charge in [0.25, 0.3) is 5.91 Å². The van der Waals surface area contributed by atoms with Gasteiger partial charge in [0.15, 0.2) is 5.11 Å². The predicted octanol–water partition coefficient (Wildman–Crippen LogP) is 4.20. The molecule has 4 nitrogen and oxygen atoms in total. The molecule has 0 spiro atoms. The number of hydrogen-bond donors (Lipinski definition) is 2. The maximum atomic E-state index is 11.8. The molecule has 2 aromatic rings. The number of hydrogen-bond acceptors (Lipinski definition) is 3. The Labute approximate surface area is 153 Å². The zero-order valence-corrected chi connectivity index (χ0v) is 14.7. The third-order valence-corrected chi connectivity index (χ3v) is 3.81. The molecule has 0 fully saturated rings. The maximum absolute atomic E-state index is 11.8. The summed E-state index contributed by atoms with van der Waals surface area (Å²) in [5.41, 5.74) is 6.34. The van der Waals surface area contributed by atoms with Crippen molar-refractivity contribution in [3.8, 4) is 5.75 Å². The van der Waals surface area contributed by atoms with Crippen LogP contribution in [0.2, 0.25) is 15.1 Å². The van der Waals surface area contributed by atoms with Crippen LogP contribution in [-0.4, -0.2) is 11.0 Å². The Morgan fingerprint density at radius 2 is 1.87 bits per heavy atom. The summed E-state index contributed by atoms with van der Waals surface area (Å²) in [7, 11) is 0. The predicted molar refractivity (Wildman–Crippen MR) is 96.5 cm³/mol. The highest BCUT2D eigenvalue weighted by Crippen LogP contribution is 2.28. The molecule has 0 radical (unpaired) electrons. The second-order valence-corrected chi connectivity index (χ2v) is 6.18. The van der Waals surface area contributed by atoms with Crippen molar-refractivity contribution in [2.75, 3.05) is 0 Å². The number of benzene rings is 2. The minimum absolute atomic E-state index is 0.108. The van der Waals surface area contributed by atoms with Crippen LogP contribution >= 0.6 is 47.0 Å². The molecule has 120 valence electrons. The van der Waals surface area contributed by atoms with Gasteiger partial charge in [-0.05, 0) is 42.5 Å². The summed E-state index contributed by atoms with van der Waals surface area (Å²) in [6.45, 7) is 0.216.